The molecule has 3 N–H and O–H groups in total. The summed E-state index contributed by atoms with van der Waals surface area (Å²) in [5, 5.41) is 4.50. The van der Waals surface area contributed by atoms with Crippen LogP contribution in [0, 0.1) is 0 Å². The quantitative estimate of drug-likeness (QED) is 0.891. The molecule has 0 spiro atoms. The highest BCUT2D eigenvalue weighted by molar-refractivity contribution is 5.89. The fraction of sp³-hybridized carbons (Fsp3) is 0.467. The van der Waals surface area contributed by atoms with Gasteiger partial charge in [-0.1, -0.05) is 12.1 Å². The summed E-state index contributed by atoms with van der Waals surface area (Å²) in [5.41, 5.74) is 6.68. The molecule has 1 unspecified atom stereocenters. The molecule has 0 bridgehead atoms. The minimum atomic E-state index is 0.319. The predicted molar refractivity (Wildman–Crippen MR) is 82.7 cm³/mol. The van der Waals surface area contributed by atoms with Crippen LogP contribution in [0.4, 0.5) is 11.8 Å². The summed E-state index contributed by atoms with van der Waals surface area (Å²) >= 11 is 0. The number of likely N-dealkylation sites (tertiary alicyclic amines) is 1. The summed E-state index contributed by atoms with van der Waals surface area (Å²) in [6.07, 6.45) is 2.63. The zero-order valence-electron chi connectivity index (χ0n) is 11.8. The Balaban J connectivity index is 1.79. The van der Waals surface area contributed by atoms with Crippen LogP contribution >= 0.6 is 0 Å². The maximum atomic E-state index is 5.79. The smallest absolute Gasteiger partial charge is 0.222 e. The van der Waals surface area contributed by atoms with E-state index >= 15 is 0 Å². The molecule has 1 saturated heterocycles. The molecular formula is C15H21N5. The van der Waals surface area contributed by atoms with Crippen molar-refractivity contribution in [3.63, 3.8) is 0 Å². The Kier molecular flexibility index (Phi) is 3.69. The highest BCUT2D eigenvalue weighted by Gasteiger charge is 2.15. The van der Waals surface area contributed by atoms with Crippen LogP contribution < -0.4 is 11.1 Å². The van der Waals surface area contributed by atoms with Crippen molar-refractivity contribution in [2.24, 2.45) is 0 Å². The van der Waals surface area contributed by atoms with Crippen molar-refractivity contribution in [2.45, 2.75) is 25.8 Å². The van der Waals surface area contributed by atoms with Crippen LogP contribution in [-0.2, 0) is 0 Å². The number of nitrogens with one attached hydrogen (secondary N) is 1. The van der Waals surface area contributed by atoms with Crippen molar-refractivity contribution < 1.29 is 0 Å². The lowest BCUT2D eigenvalue weighted by Crippen LogP contribution is -2.33. The molecular weight excluding hydrogens is 250 g/mol. The second kappa shape index (κ2) is 5.63. The average Bonchev–Trinajstić information content (AvgIpc) is 2.91. The van der Waals surface area contributed by atoms with Gasteiger partial charge in [0.15, 0.2) is 0 Å². The number of para-hydroxylation sites is 1. The highest BCUT2D eigenvalue weighted by atomic mass is 15.2. The first-order valence-corrected chi connectivity index (χ1v) is 7.23. The number of nitrogen functional groups attached to an aromatic ring is 1. The molecule has 2 aromatic rings. The van der Waals surface area contributed by atoms with Crippen molar-refractivity contribution in [3.8, 4) is 0 Å². The third kappa shape index (κ3) is 2.82. The number of aromatic nitrogens is 2. The molecule has 106 valence electrons. The lowest BCUT2D eigenvalue weighted by Gasteiger charge is -2.22. The Labute approximate surface area is 119 Å². The number of nitrogens with zero attached hydrogens (tertiary/aromatic N) is 3. The van der Waals surface area contributed by atoms with Crippen LogP contribution in [0.25, 0.3) is 10.9 Å². The van der Waals surface area contributed by atoms with E-state index in [4.69, 9.17) is 5.73 Å². The van der Waals surface area contributed by atoms with E-state index in [1.54, 1.807) is 0 Å². The first-order chi connectivity index (χ1) is 9.72. The number of hydrogen-bond acceptors (Lipinski definition) is 5. The number of benzene rings is 1. The van der Waals surface area contributed by atoms with Gasteiger partial charge in [0, 0.05) is 18.0 Å². The van der Waals surface area contributed by atoms with Gasteiger partial charge in [-0.2, -0.15) is 4.98 Å². The Hall–Kier alpha value is -1.88. The fourth-order valence-corrected chi connectivity index (χ4v) is 2.84. The van der Waals surface area contributed by atoms with Crippen LogP contribution in [-0.4, -0.2) is 40.5 Å². The van der Waals surface area contributed by atoms with E-state index in [-0.39, 0.29) is 0 Å². The molecule has 0 aliphatic carbocycles. The topological polar surface area (TPSA) is 67.1 Å². The maximum Gasteiger partial charge on any atom is 0.222 e. The first kappa shape index (κ1) is 13.1. The van der Waals surface area contributed by atoms with Gasteiger partial charge in [0.2, 0.25) is 5.95 Å². The van der Waals surface area contributed by atoms with E-state index in [0.717, 1.165) is 23.3 Å². The van der Waals surface area contributed by atoms with E-state index in [2.05, 4.69) is 27.1 Å². The minimum Gasteiger partial charge on any atom is -0.368 e. The maximum absolute atomic E-state index is 5.79. The van der Waals surface area contributed by atoms with Crippen LogP contribution in [0.1, 0.15) is 19.8 Å². The number of rotatable bonds is 4. The predicted octanol–water partition coefficient (Wildman–Crippen LogP) is 2.11. The Morgan fingerprint density at radius 1 is 1.25 bits per heavy atom. The van der Waals surface area contributed by atoms with Crippen molar-refractivity contribution in [2.75, 3.05) is 30.7 Å². The Bertz CT molecular complexity index is 592. The van der Waals surface area contributed by atoms with Gasteiger partial charge < -0.3 is 16.0 Å². The summed E-state index contributed by atoms with van der Waals surface area (Å²) in [4.78, 5) is 11.1. The summed E-state index contributed by atoms with van der Waals surface area (Å²) in [5.74, 6) is 1.15. The van der Waals surface area contributed by atoms with Gasteiger partial charge in [-0.05, 0) is 45.0 Å². The third-order valence-electron chi connectivity index (χ3n) is 3.73. The van der Waals surface area contributed by atoms with Crippen molar-refractivity contribution in [1.29, 1.82) is 0 Å². The molecule has 1 aromatic heterocycles. The van der Waals surface area contributed by atoms with E-state index in [1.807, 2.05) is 24.3 Å². The molecule has 20 heavy (non-hydrogen) atoms. The molecule has 1 aromatic carbocycles. The third-order valence-corrected chi connectivity index (χ3v) is 3.73. The van der Waals surface area contributed by atoms with E-state index in [1.165, 1.54) is 25.9 Å². The number of anilines is 2. The van der Waals surface area contributed by atoms with Gasteiger partial charge >= 0.3 is 0 Å². The lowest BCUT2D eigenvalue weighted by atomic mass is 10.2. The lowest BCUT2D eigenvalue weighted by molar-refractivity contribution is 0.327. The number of hydrogen-bond donors (Lipinski definition) is 2. The van der Waals surface area contributed by atoms with E-state index < -0.39 is 0 Å². The molecule has 0 radical (unpaired) electrons. The summed E-state index contributed by atoms with van der Waals surface area (Å²) in [7, 11) is 0. The molecule has 2 heterocycles. The molecule has 3 rings (SSSR count). The number of nitrogens with two attached hydrogens (primary N) is 1. The van der Waals surface area contributed by atoms with Gasteiger partial charge in [-0.25, -0.2) is 4.98 Å². The molecule has 5 nitrogen and oxygen atoms in total. The Morgan fingerprint density at radius 2 is 2.00 bits per heavy atom. The van der Waals surface area contributed by atoms with Crippen molar-refractivity contribution >= 4 is 22.7 Å². The molecule has 1 aliphatic heterocycles. The van der Waals surface area contributed by atoms with E-state index in [0.29, 0.717) is 12.0 Å². The fourth-order valence-electron chi connectivity index (χ4n) is 2.84. The van der Waals surface area contributed by atoms with Crippen LogP contribution in [0.5, 0.6) is 0 Å². The zero-order valence-corrected chi connectivity index (χ0v) is 11.8. The normalized spacial score (nSPS) is 17.4. The van der Waals surface area contributed by atoms with Crippen LogP contribution in [0.3, 0.4) is 0 Å². The highest BCUT2D eigenvalue weighted by Crippen LogP contribution is 2.21. The Morgan fingerprint density at radius 3 is 2.80 bits per heavy atom. The minimum absolute atomic E-state index is 0.319. The summed E-state index contributed by atoms with van der Waals surface area (Å²) < 4.78 is 0. The van der Waals surface area contributed by atoms with Gasteiger partial charge in [0.05, 0.1) is 5.52 Å². The standard InChI is InChI=1S/C15H21N5/c1-11(10-20-8-4-5-9-20)17-14-12-6-2-3-7-13(12)18-15(16)19-14/h2-3,6-7,11H,4-5,8-10H2,1H3,(H3,16,17,18,19). The SMILES string of the molecule is CC(CN1CCCC1)Nc1nc(N)nc2ccccc12. The molecule has 0 saturated carbocycles. The average molecular weight is 271 g/mol. The second-order valence-electron chi connectivity index (χ2n) is 5.50. The molecule has 5 heteroatoms. The van der Waals surface area contributed by atoms with Crippen LogP contribution in [0.15, 0.2) is 24.3 Å². The van der Waals surface area contributed by atoms with Gasteiger partial charge in [-0.15, -0.1) is 0 Å². The first-order valence-electron chi connectivity index (χ1n) is 7.23. The van der Waals surface area contributed by atoms with Crippen LogP contribution in [0.2, 0.25) is 0 Å². The monoisotopic (exact) mass is 271 g/mol. The van der Waals surface area contributed by atoms with Crippen molar-refractivity contribution in [1.82, 2.24) is 14.9 Å². The summed E-state index contributed by atoms with van der Waals surface area (Å²) in [6, 6.07) is 8.29. The number of fused-ring (bicyclic) bond motifs is 1. The van der Waals surface area contributed by atoms with Gasteiger partial charge in [0.1, 0.15) is 5.82 Å². The molecule has 1 aliphatic rings. The van der Waals surface area contributed by atoms with Gasteiger partial charge in [0.25, 0.3) is 0 Å². The molecule has 1 atom stereocenters. The van der Waals surface area contributed by atoms with Crippen molar-refractivity contribution in [3.05, 3.63) is 24.3 Å². The largest absolute Gasteiger partial charge is 0.368 e. The molecule has 0 amide bonds. The summed E-state index contributed by atoms with van der Waals surface area (Å²) in [6.45, 7) is 5.64. The van der Waals surface area contributed by atoms with Gasteiger partial charge in [-0.3, -0.25) is 0 Å². The van der Waals surface area contributed by atoms with E-state index in [9.17, 15) is 0 Å². The second-order valence-corrected chi connectivity index (χ2v) is 5.50. The molecule has 1 fully saturated rings. The zero-order chi connectivity index (χ0) is 13.9.